The van der Waals surface area contributed by atoms with Crippen LogP contribution >= 0.6 is 0 Å². The predicted molar refractivity (Wildman–Crippen MR) is 74.5 cm³/mol. The van der Waals surface area contributed by atoms with Gasteiger partial charge in [0.2, 0.25) is 5.76 Å². The second-order valence-electron chi connectivity index (χ2n) is 4.44. The summed E-state index contributed by atoms with van der Waals surface area (Å²) in [6.07, 6.45) is 0. The van der Waals surface area contributed by atoms with E-state index in [0.717, 1.165) is 5.56 Å². The second kappa shape index (κ2) is 6.13. The molecule has 1 aromatic heterocycles. The number of hydrogen-bond acceptors (Lipinski definition) is 4. The van der Waals surface area contributed by atoms with E-state index < -0.39 is 11.9 Å². The van der Waals surface area contributed by atoms with Gasteiger partial charge in [-0.2, -0.15) is 0 Å². The summed E-state index contributed by atoms with van der Waals surface area (Å²) in [6.45, 7) is 0.325. The van der Waals surface area contributed by atoms with E-state index in [1.807, 2.05) is 24.3 Å². The van der Waals surface area contributed by atoms with Gasteiger partial charge in [0.1, 0.15) is 5.75 Å². The number of aromatic carboxylic acids is 1. The van der Waals surface area contributed by atoms with Crippen molar-refractivity contribution >= 4 is 11.9 Å². The van der Waals surface area contributed by atoms with Crippen LogP contribution in [0.2, 0.25) is 0 Å². The van der Waals surface area contributed by atoms with Gasteiger partial charge >= 0.3 is 5.97 Å². The Balaban J connectivity index is 2.13. The Bertz CT molecular complexity index is 662. The van der Waals surface area contributed by atoms with Crippen molar-refractivity contribution in [1.82, 2.24) is 4.90 Å². The monoisotopic (exact) mass is 289 g/mol. The second-order valence-corrected chi connectivity index (χ2v) is 4.44. The first-order valence-corrected chi connectivity index (χ1v) is 6.23. The Morgan fingerprint density at radius 1 is 1.19 bits per heavy atom. The van der Waals surface area contributed by atoms with Crippen molar-refractivity contribution in [2.45, 2.75) is 6.54 Å². The number of rotatable bonds is 5. The molecule has 6 nitrogen and oxygen atoms in total. The molecular weight excluding hydrogens is 274 g/mol. The van der Waals surface area contributed by atoms with Crippen molar-refractivity contribution in [2.24, 2.45) is 0 Å². The van der Waals surface area contributed by atoms with Gasteiger partial charge in [-0.1, -0.05) is 18.2 Å². The number of carbonyl (C=O) groups is 2. The molecule has 2 rings (SSSR count). The van der Waals surface area contributed by atoms with Gasteiger partial charge in [-0.25, -0.2) is 4.79 Å². The van der Waals surface area contributed by atoms with Crippen LogP contribution < -0.4 is 4.74 Å². The van der Waals surface area contributed by atoms with Crippen LogP contribution in [0.25, 0.3) is 0 Å². The summed E-state index contributed by atoms with van der Waals surface area (Å²) < 4.78 is 10.2. The standard InChI is InChI=1S/C15H15NO5/c1-16(9-10-5-3-4-6-11(10)20-2)14(17)12-7-8-13(21-12)15(18)19/h3-8H,9H2,1-2H3,(H,18,19). The number of carboxylic acids is 1. The van der Waals surface area contributed by atoms with E-state index in [0.29, 0.717) is 12.3 Å². The van der Waals surface area contributed by atoms with Gasteiger partial charge in [-0.05, 0) is 18.2 Å². The molecule has 0 bridgehead atoms. The highest BCUT2D eigenvalue weighted by Crippen LogP contribution is 2.20. The fraction of sp³-hybridized carbons (Fsp3) is 0.200. The Morgan fingerprint density at radius 2 is 1.86 bits per heavy atom. The number of amides is 1. The molecule has 0 saturated carbocycles. The van der Waals surface area contributed by atoms with Crippen LogP contribution in [0.1, 0.15) is 26.7 Å². The van der Waals surface area contributed by atoms with Crippen molar-refractivity contribution in [1.29, 1.82) is 0 Å². The van der Waals surface area contributed by atoms with E-state index >= 15 is 0 Å². The number of hydrogen-bond donors (Lipinski definition) is 1. The first kappa shape index (κ1) is 14.6. The average molecular weight is 289 g/mol. The zero-order valence-electron chi connectivity index (χ0n) is 11.7. The molecule has 110 valence electrons. The summed E-state index contributed by atoms with van der Waals surface area (Å²) in [5.74, 6) is -1.19. The third kappa shape index (κ3) is 3.22. The van der Waals surface area contributed by atoms with E-state index in [1.54, 1.807) is 14.2 Å². The lowest BCUT2D eigenvalue weighted by atomic mass is 10.2. The van der Waals surface area contributed by atoms with Crippen LogP contribution in [0.4, 0.5) is 0 Å². The van der Waals surface area contributed by atoms with Crippen LogP contribution in [0.5, 0.6) is 5.75 Å². The van der Waals surface area contributed by atoms with Crippen molar-refractivity contribution in [3.63, 3.8) is 0 Å². The molecule has 1 amide bonds. The molecular formula is C15H15NO5. The number of para-hydroxylation sites is 1. The minimum Gasteiger partial charge on any atom is -0.496 e. The van der Waals surface area contributed by atoms with Gasteiger partial charge in [0.25, 0.3) is 5.91 Å². The Hall–Kier alpha value is -2.76. The van der Waals surface area contributed by atoms with Crippen LogP contribution in [-0.4, -0.2) is 36.0 Å². The normalized spacial score (nSPS) is 10.2. The fourth-order valence-corrected chi connectivity index (χ4v) is 1.92. The molecule has 0 spiro atoms. The smallest absolute Gasteiger partial charge is 0.371 e. The van der Waals surface area contributed by atoms with Gasteiger partial charge in [0, 0.05) is 19.2 Å². The van der Waals surface area contributed by atoms with Crippen molar-refractivity contribution in [3.05, 3.63) is 53.5 Å². The molecule has 0 atom stereocenters. The maximum atomic E-state index is 12.2. The van der Waals surface area contributed by atoms with Crippen LogP contribution in [0.15, 0.2) is 40.8 Å². The highest BCUT2D eigenvalue weighted by atomic mass is 16.5. The number of furan rings is 1. The number of methoxy groups -OCH3 is 1. The molecule has 2 aromatic rings. The predicted octanol–water partition coefficient (Wildman–Crippen LogP) is 2.26. The zero-order chi connectivity index (χ0) is 15.4. The lowest BCUT2D eigenvalue weighted by Crippen LogP contribution is -2.26. The first-order chi connectivity index (χ1) is 10.0. The Labute approximate surface area is 121 Å². The molecule has 0 aliphatic carbocycles. The summed E-state index contributed by atoms with van der Waals surface area (Å²) >= 11 is 0. The molecule has 6 heteroatoms. The molecule has 0 unspecified atom stereocenters. The molecule has 1 N–H and O–H groups in total. The van der Waals surface area contributed by atoms with E-state index in [9.17, 15) is 9.59 Å². The van der Waals surface area contributed by atoms with Gasteiger partial charge in [0.15, 0.2) is 5.76 Å². The lowest BCUT2D eigenvalue weighted by molar-refractivity contribution is 0.0653. The minimum absolute atomic E-state index is 0.00945. The average Bonchev–Trinajstić information content (AvgIpc) is 2.97. The van der Waals surface area contributed by atoms with E-state index in [2.05, 4.69) is 0 Å². The molecule has 21 heavy (non-hydrogen) atoms. The lowest BCUT2D eigenvalue weighted by Gasteiger charge is -2.17. The van der Waals surface area contributed by atoms with Crippen LogP contribution in [-0.2, 0) is 6.54 Å². The highest BCUT2D eigenvalue weighted by Gasteiger charge is 2.19. The SMILES string of the molecule is COc1ccccc1CN(C)C(=O)c1ccc(C(=O)O)o1. The van der Waals surface area contributed by atoms with Gasteiger partial charge in [0.05, 0.1) is 7.11 Å². The van der Waals surface area contributed by atoms with Gasteiger partial charge in [-0.15, -0.1) is 0 Å². The summed E-state index contributed by atoms with van der Waals surface area (Å²) in [5, 5.41) is 8.79. The minimum atomic E-state index is -1.21. The highest BCUT2D eigenvalue weighted by molar-refractivity contribution is 5.93. The molecule has 1 heterocycles. The number of nitrogens with zero attached hydrogens (tertiary/aromatic N) is 1. The number of carboxylic acid groups (broad SMARTS) is 1. The number of carbonyl (C=O) groups excluding carboxylic acids is 1. The van der Waals surface area contributed by atoms with E-state index in [1.165, 1.54) is 17.0 Å². The summed E-state index contributed by atoms with van der Waals surface area (Å²) in [4.78, 5) is 24.4. The first-order valence-electron chi connectivity index (χ1n) is 6.23. The number of benzene rings is 1. The quantitative estimate of drug-likeness (QED) is 0.913. The van der Waals surface area contributed by atoms with Gasteiger partial charge < -0.3 is 19.2 Å². The maximum absolute atomic E-state index is 12.2. The van der Waals surface area contributed by atoms with Crippen molar-refractivity contribution in [3.8, 4) is 5.75 Å². The largest absolute Gasteiger partial charge is 0.496 e. The third-order valence-corrected chi connectivity index (χ3v) is 2.97. The Kier molecular flexibility index (Phi) is 4.27. The summed E-state index contributed by atoms with van der Waals surface area (Å²) in [7, 11) is 3.17. The molecule has 1 aromatic carbocycles. The number of ether oxygens (including phenoxy) is 1. The maximum Gasteiger partial charge on any atom is 0.371 e. The molecule has 0 aliphatic heterocycles. The van der Waals surface area contributed by atoms with E-state index in [4.69, 9.17) is 14.3 Å². The van der Waals surface area contributed by atoms with Gasteiger partial charge in [-0.3, -0.25) is 4.79 Å². The zero-order valence-corrected chi connectivity index (χ0v) is 11.7. The topological polar surface area (TPSA) is 80.0 Å². The van der Waals surface area contributed by atoms with Crippen LogP contribution in [0.3, 0.4) is 0 Å². The van der Waals surface area contributed by atoms with Crippen molar-refractivity contribution < 1.29 is 23.8 Å². The fourth-order valence-electron chi connectivity index (χ4n) is 1.92. The molecule has 0 saturated heterocycles. The molecule has 0 aliphatic rings. The van der Waals surface area contributed by atoms with Crippen molar-refractivity contribution in [2.75, 3.05) is 14.2 Å². The molecule has 0 fully saturated rings. The summed E-state index contributed by atoms with van der Waals surface area (Å²) in [5.41, 5.74) is 0.848. The third-order valence-electron chi connectivity index (χ3n) is 2.97. The van der Waals surface area contributed by atoms with E-state index in [-0.39, 0.29) is 11.5 Å². The van der Waals surface area contributed by atoms with Crippen LogP contribution in [0, 0.1) is 0 Å². The Morgan fingerprint density at radius 3 is 2.48 bits per heavy atom. The summed E-state index contributed by atoms with van der Waals surface area (Å²) in [6, 6.07) is 9.97. The molecule has 0 radical (unpaired) electrons.